The number of halogens is 3. The number of amides is 1. The standard InChI is InChI=1S/C24H26F3N3O3/c1-3-30-20-8-7-16(10-19(20)21(11-22(30)32)29-13-18(31)14-29)23(33)28(2)12-15-5-4-6-17(9-15)24(25,26)27/h4-6,9-11,18,31H,3,7-8,12-14H2,1-2H3. The van der Waals surface area contributed by atoms with Gasteiger partial charge in [-0.05, 0) is 43.5 Å². The van der Waals surface area contributed by atoms with E-state index in [1.165, 1.54) is 11.0 Å². The number of hydrogen-bond donors (Lipinski definition) is 1. The lowest BCUT2D eigenvalue weighted by molar-refractivity contribution is -0.137. The van der Waals surface area contributed by atoms with Crippen molar-refractivity contribution in [2.75, 3.05) is 25.0 Å². The van der Waals surface area contributed by atoms with Crippen LogP contribution >= 0.6 is 0 Å². The molecule has 1 N–H and O–H groups in total. The highest BCUT2D eigenvalue weighted by Crippen LogP contribution is 2.34. The van der Waals surface area contributed by atoms with Crippen LogP contribution in [0.25, 0.3) is 6.08 Å². The molecule has 0 atom stereocenters. The number of carbonyl (C=O) groups is 1. The Morgan fingerprint density at radius 3 is 2.58 bits per heavy atom. The van der Waals surface area contributed by atoms with E-state index in [-0.39, 0.29) is 18.0 Å². The van der Waals surface area contributed by atoms with Gasteiger partial charge in [-0.15, -0.1) is 0 Å². The molecule has 6 nitrogen and oxygen atoms in total. The summed E-state index contributed by atoms with van der Waals surface area (Å²) in [6.07, 6.45) is -2.15. The fourth-order valence-electron chi connectivity index (χ4n) is 4.49. The number of alkyl halides is 3. The fourth-order valence-corrected chi connectivity index (χ4v) is 4.49. The quantitative estimate of drug-likeness (QED) is 0.744. The zero-order valence-electron chi connectivity index (χ0n) is 18.5. The van der Waals surface area contributed by atoms with Crippen molar-refractivity contribution in [2.45, 2.75) is 45.1 Å². The van der Waals surface area contributed by atoms with Crippen LogP contribution < -0.4 is 10.5 Å². The van der Waals surface area contributed by atoms with Gasteiger partial charge in [0, 0.05) is 56.1 Å². The van der Waals surface area contributed by atoms with E-state index in [1.807, 2.05) is 11.8 Å². The highest BCUT2D eigenvalue weighted by Gasteiger charge is 2.32. The van der Waals surface area contributed by atoms with Crippen LogP contribution in [0, 0.1) is 0 Å². The van der Waals surface area contributed by atoms with E-state index >= 15 is 0 Å². The first-order chi connectivity index (χ1) is 15.6. The Morgan fingerprint density at radius 2 is 1.94 bits per heavy atom. The van der Waals surface area contributed by atoms with Gasteiger partial charge in [-0.1, -0.05) is 12.1 Å². The molecule has 1 aliphatic heterocycles. The third kappa shape index (κ3) is 4.55. The van der Waals surface area contributed by atoms with E-state index in [0.29, 0.717) is 49.3 Å². The first-order valence-corrected chi connectivity index (χ1v) is 10.9. The normalized spacial score (nSPS) is 16.2. The van der Waals surface area contributed by atoms with Crippen LogP contribution in [0.4, 0.5) is 18.9 Å². The van der Waals surface area contributed by atoms with Crippen molar-refractivity contribution in [2.24, 2.45) is 0 Å². The Balaban J connectivity index is 1.62. The number of benzene rings is 1. The largest absolute Gasteiger partial charge is 0.416 e. The molecule has 1 aromatic heterocycles. The van der Waals surface area contributed by atoms with Crippen molar-refractivity contribution in [3.63, 3.8) is 0 Å². The molecule has 2 aliphatic rings. The Bertz CT molecular complexity index is 1160. The van der Waals surface area contributed by atoms with Crippen LogP contribution in [-0.2, 0) is 30.5 Å². The van der Waals surface area contributed by atoms with Gasteiger partial charge >= 0.3 is 6.18 Å². The first kappa shape index (κ1) is 23.1. The van der Waals surface area contributed by atoms with Crippen molar-refractivity contribution < 1.29 is 23.1 Å². The maximum atomic E-state index is 13.1. The van der Waals surface area contributed by atoms with Gasteiger partial charge in [0.15, 0.2) is 0 Å². The minimum atomic E-state index is -4.44. The van der Waals surface area contributed by atoms with Gasteiger partial charge in [-0.3, -0.25) is 9.59 Å². The smallest absolute Gasteiger partial charge is 0.389 e. The van der Waals surface area contributed by atoms with Crippen molar-refractivity contribution in [1.29, 1.82) is 0 Å². The summed E-state index contributed by atoms with van der Waals surface area (Å²) in [7, 11) is 1.57. The summed E-state index contributed by atoms with van der Waals surface area (Å²) < 4.78 is 40.7. The first-order valence-electron chi connectivity index (χ1n) is 10.9. The molecule has 9 heteroatoms. The molecule has 0 saturated carbocycles. The van der Waals surface area contributed by atoms with E-state index < -0.39 is 17.8 Å². The highest BCUT2D eigenvalue weighted by atomic mass is 19.4. The molecular formula is C24H26F3N3O3. The molecule has 0 bridgehead atoms. The Hall–Kier alpha value is -3.07. The number of aromatic nitrogens is 1. The van der Waals surface area contributed by atoms with Gasteiger partial charge in [0.1, 0.15) is 0 Å². The summed E-state index contributed by atoms with van der Waals surface area (Å²) in [5.74, 6) is -0.262. The highest BCUT2D eigenvalue weighted by molar-refractivity contribution is 5.99. The van der Waals surface area contributed by atoms with E-state index in [9.17, 15) is 27.9 Å². The summed E-state index contributed by atoms with van der Waals surface area (Å²) in [6, 6.07) is 6.51. The number of rotatable bonds is 5. The molecule has 2 aromatic rings. The predicted octanol–water partition coefficient (Wildman–Crippen LogP) is 3.06. The third-order valence-electron chi connectivity index (χ3n) is 6.20. The van der Waals surface area contributed by atoms with Crippen molar-refractivity contribution in [3.05, 3.63) is 68.6 Å². The number of aliphatic hydroxyl groups is 1. The Morgan fingerprint density at radius 1 is 1.21 bits per heavy atom. The van der Waals surface area contributed by atoms with Crippen LogP contribution in [0.5, 0.6) is 0 Å². The van der Waals surface area contributed by atoms with E-state index in [1.54, 1.807) is 29.8 Å². The molecule has 1 amide bonds. The van der Waals surface area contributed by atoms with Gasteiger partial charge in [0.2, 0.25) is 5.91 Å². The maximum Gasteiger partial charge on any atom is 0.416 e. The zero-order valence-corrected chi connectivity index (χ0v) is 18.5. The number of hydrogen-bond acceptors (Lipinski definition) is 4. The summed E-state index contributed by atoms with van der Waals surface area (Å²) in [4.78, 5) is 29.1. The summed E-state index contributed by atoms with van der Waals surface area (Å²) in [6.45, 7) is 3.30. The van der Waals surface area contributed by atoms with Gasteiger partial charge in [-0.2, -0.15) is 13.2 Å². The van der Waals surface area contributed by atoms with Crippen molar-refractivity contribution in [1.82, 2.24) is 9.47 Å². The molecule has 0 spiro atoms. The van der Waals surface area contributed by atoms with Gasteiger partial charge < -0.3 is 19.5 Å². The second-order valence-electron chi connectivity index (χ2n) is 8.56. The average molecular weight is 461 g/mol. The number of fused-ring (bicyclic) bond motifs is 1. The van der Waals surface area contributed by atoms with Crippen LogP contribution in [-0.4, -0.2) is 46.7 Å². The number of anilines is 1. The molecule has 1 aromatic carbocycles. The lowest BCUT2D eigenvalue weighted by atomic mass is 9.92. The molecule has 4 rings (SSSR count). The zero-order chi connectivity index (χ0) is 23.9. The van der Waals surface area contributed by atoms with E-state index in [2.05, 4.69) is 0 Å². The third-order valence-corrected chi connectivity index (χ3v) is 6.20. The lowest BCUT2D eigenvalue weighted by Gasteiger charge is -2.39. The summed E-state index contributed by atoms with van der Waals surface area (Å²) in [5.41, 5.74) is 2.44. The molecule has 33 heavy (non-hydrogen) atoms. The minimum absolute atomic E-state index is 0.0482. The van der Waals surface area contributed by atoms with Crippen molar-refractivity contribution >= 4 is 17.7 Å². The van der Waals surface area contributed by atoms with Crippen LogP contribution in [0.3, 0.4) is 0 Å². The molecule has 0 radical (unpaired) electrons. The second kappa shape index (κ2) is 8.70. The monoisotopic (exact) mass is 461 g/mol. The minimum Gasteiger partial charge on any atom is -0.389 e. The number of likely N-dealkylation sites (N-methyl/N-ethyl adjacent to an activating group) is 1. The van der Waals surface area contributed by atoms with Crippen LogP contribution in [0.15, 0.2) is 40.7 Å². The average Bonchev–Trinajstić information content (AvgIpc) is 2.75. The lowest BCUT2D eigenvalue weighted by Crippen LogP contribution is -2.51. The number of carbonyl (C=O) groups excluding carboxylic acids is 1. The maximum absolute atomic E-state index is 13.1. The number of β-amino-alcohol motifs (C(OH)–C–C–N with tert-alkyl or cyclic N) is 1. The van der Waals surface area contributed by atoms with Crippen molar-refractivity contribution in [3.8, 4) is 0 Å². The van der Waals surface area contributed by atoms with Gasteiger partial charge in [0.25, 0.3) is 5.56 Å². The van der Waals surface area contributed by atoms with Crippen LogP contribution in [0.2, 0.25) is 0 Å². The van der Waals surface area contributed by atoms with E-state index in [4.69, 9.17) is 0 Å². The molecule has 1 fully saturated rings. The topological polar surface area (TPSA) is 65.8 Å². The van der Waals surface area contributed by atoms with Gasteiger partial charge in [-0.25, -0.2) is 0 Å². The SMILES string of the molecule is CCn1c2c(c(N3CC(O)C3)cc1=O)C=C(C(=O)N(C)Cc1cccc(C(F)(F)F)c1)CC2. The Kier molecular flexibility index (Phi) is 6.09. The molecule has 2 heterocycles. The number of aliphatic hydroxyl groups excluding tert-OH is 1. The summed E-state index contributed by atoms with van der Waals surface area (Å²) in [5, 5.41) is 9.71. The molecule has 1 aliphatic carbocycles. The Labute approximate surface area is 189 Å². The second-order valence-corrected chi connectivity index (χ2v) is 8.56. The van der Waals surface area contributed by atoms with Gasteiger partial charge in [0.05, 0.1) is 17.4 Å². The fraction of sp³-hybridized carbons (Fsp3) is 0.417. The van der Waals surface area contributed by atoms with Crippen LogP contribution in [0.1, 0.15) is 35.7 Å². The molecule has 0 unspecified atom stereocenters. The predicted molar refractivity (Wildman–Crippen MR) is 119 cm³/mol. The molecular weight excluding hydrogens is 435 g/mol. The number of nitrogens with zero attached hydrogens (tertiary/aromatic N) is 3. The molecule has 176 valence electrons. The van der Waals surface area contributed by atoms with E-state index in [0.717, 1.165) is 23.4 Å². The molecule has 1 saturated heterocycles. The summed E-state index contributed by atoms with van der Waals surface area (Å²) >= 11 is 0. The number of pyridine rings is 1.